The molecule has 7 nitrogen and oxygen atoms in total. The molecule has 0 aliphatic heterocycles. The van der Waals surface area contributed by atoms with Gasteiger partial charge < -0.3 is 14.6 Å². The Labute approximate surface area is 158 Å². The number of rotatable bonds is 13. The maximum atomic E-state index is 13.9. The Kier molecular flexibility index (Phi) is 9.54. The molecule has 0 fully saturated rings. The average molecular weight is 404 g/mol. The van der Waals surface area contributed by atoms with E-state index in [9.17, 15) is 22.4 Å². The minimum atomic E-state index is -3.54. The van der Waals surface area contributed by atoms with Gasteiger partial charge in [-0.15, -0.1) is 0 Å². The van der Waals surface area contributed by atoms with Crippen molar-refractivity contribution in [2.24, 2.45) is 5.92 Å². The molecule has 27 heavy (non-hydrogen) atoms. The van der Waals surface area contributed by atoms with E-state index >= 15 is 0 Å². The van der Waals surface area contributed by atoms with E-state index in [0.717, 1.165) is 12.1 Å². The first kappa shape index (κ1) is 23.2. The van der Waals surface area contributed by atoms with Gasteiger partial charge in [-0.05, 0) is 25.0 Å². The van der Waals surface area contributed by atoms with Crippen LogP contribution in [0.2, 0.25) is 0 Å². The van der Waals surface area contributed by atoms with E-state index < -0.39 is 38.9 Å². The second-order valence-electron chi connectivity index (χ2n) is 6.16. The highest BCUT2D eigenvalue weighted by molar-refractivity contribution is 7.91. The first-order valence-corrected chi connectivity index (χ1v) is 10.3. The fourth-order valence-electron chi connectivity index (χ4n) is 2.60. The van der Waals surface area contributed by atoms with Crippen molar-refractivity contribution in [2.45, 2.75) is 19.3 Å². The van der Waals surface area contributed by atoms with Crippen molar-refractivity contribution in [3.8, 4) is 0 Å². The van der Waals surface area contributed by atoms with Crippen LogP contribution in [-0.2, 0) is 19.3 Å². The molecule has 0 amide bonds. The van der Waals surface area contributed by atoms with Crippen molar-refractivity contribution in [1.82, 2.24) is 0 Å². The van der Waals surface area contributed by atoms with Crippen LogP contribution >= 0.6 is 0 Å². The Balaban J connectivity index is 3.00. The first-order chi connectivity index (χ1) is 12.7. The lowest BCUT2D eigenvalue weighted by Crippen LogP contribution is -2.27. The molecule has 0 heterocycles. The number of benzene rings is 1. The number of hydrogen-bond acceptors (Lipinski definition) is 6. The molecular weight excluding hydrogens is 379 g/mol. The van der Waals surface area contributed by atoms with Crippen LogP contribution in [0.4, 0.5) is 4.39 Å². The number of sulfone groups is 1. The van der Waals surface area contributed by atoms with Crippen LogP contribution < -0.4 is 0 Å². The number of unbranched alkanes of at least 4 members (excludes halogenated alkanes) is 1. The molecule has 1 N–H and O–H groups in total. The third-order valence-corrected chi connectivity index (χ3v) is 5.76. The summed E-state index contributed by atoms with van der Waals surface area (Å²) in [5.74, 6) is -4.43. The summed E-state index contributed by atoms with van der Waals surface area (Å²) < 4.78 is 48.1. The molecule has 1 aromatic rings. The number of carboxylic acids is 1. The molecule has 0 spiro atoms. The van der Waals surface area contributed by atoms with Crippen molar-refractivity contribution < 1.29 is 37.0 Å². The molecule has 0 aromatic heterocycles. The summed E-state index contributed by atoms with van der Waals surface area (Å²) in [4.78, 5) is 23.7. The summed E-state index contributed by atoms with van der Waals surface area (Å²) >= 11 is 0. The molecule has 0 radical (unpaired) electrons. The Bertz CT molecular complexity index is 746. The lowest BCUT2D eigenvalue weighted by atomic mass is 9.93. The van der Waals surface area contributed by atoms with Gasteiger partial charge in [0.05, 0.1) is 23.7 Å². The first-order valence-electron chi connectivity index (χ1n) is 8.47. The van der Waals surface area contributed by atoms with Crippen LogP contribution in [0, 0.1) is 11.7 Å². The van der Waals surface area contributed by atoms with Crippen LogP contribution in [0.1, 0.15) is 40.0 Å². The lowest BCUT2D eigenvalue weighted by molar-refractivity contribution is 0.0691. The predicted molar refractivity (Wildman–Crippen MR) is 97.4 cm³/mol. The number of halogens is 1. The zero-order valence-electron chi connectivity index (χ0n) is 15.4. The highest BCUT2D eigenvalue weighted by atomic mass is 32.2. The molecule has 152 valence electrons. The molecule has 0 saturated carbocycles. The normalized spacial score (nSPS) is 12.7. The highest BCUT2D eigenvalue weighted by Crippen LogP contribution is 2.20. The summed E-state index contributed by atoms with van der Waals surface area (Å²) in [6.07, 6.45) is 1.53. The summed E-state index contributed by atoms with van der Waals surface area (Å²) in [7, 11) is -0.604. The van der Waals surface area contributed by atoms with Crippen LogP contribution in [-0.4, -0.2) is 64.2 Å². The number of ketones is 1. The van der Waals surface area contributed by atoms with Gasteiger partial charge in [-0.3, -0.25) is 4.79 Å². The van der Waals surface area contributed by atoms with Crippen molar-refractivity contribution in [1.29, 1.82) is 0 Å². The van der Waals surface area contributed by atoms with Crippen molar-refractivity contribution in [2.75, 3.05) is 38.9 Å². The largest absolute Gasteiger partial charge is 0.478 e. The standard InChI is InChI=1S/C18H25FO7S/c1-25-8-4-3-5-14(12-27(23,24)10-9-26-2)17(20)13-6-7-15(18(21)22)16(19)11-13/h6-7,11,14H,3-5,8-10,12H2,1-2H3,(H,21,22). The van der Waals surface area contributed by atoms with E-state index in [4.69, 9.17) is 14.6 Å². The number of Topliss-reactive ketones (excluding diaryl/α,β-unsaturated/α-hetero) is 1. The third-order valence-electron chi connectivity index (χ3n) is 4.06. The maximum absolute atomic E-state index is 13.9. The zero-order valence-corrected chi connectivity index (χ0v) is 16.3. The van der Waals surface area contributed by atoms with E-state index in [1.54, 1.807) is 7.11 Å². The molecule has 0 aliphatic carbocycles. The molecular formula is C18H25FO7S. The van der Waals surface area contributed by atoms with Crippen LogP contribution in [0.3, 0.4) is 0 Å². The number of aromatic carboxylic acids is 1. The van der Waals surface area contributed by atoms with Gasteiger partial charge in [0.2, 0.25) is 0 Å². The van der Waals surface area contributed by atoms with Crippen molar-refractivity contribution >= 4 is 21.6 Å². The third kappa shape index (κ3) is 7.74. The van der Waals surface area contributed by atoms with E-state index in [1.807, 2.05) is 0 Å². The molecule has 0 aliphatic rings. The number of ether oxygens (including phenoxy) is 2. The molecule has 9 heteroatoms. The average Bonchev–Trinajstić information content (AvgIpc) is 2.61. The number of methoxy groups -OCH3 is 2. The molecule has 0 saturated heterocycles. The molecule has 1 aromatic carbocycles. The molecule has 1 unspecified atom stereocenters. The predicted octanol–water partition coefficient (Wildman–Crippen LogP) is 2.20. The number of carboxylic acid groups (broad SMARTS) is 1. The Hall–Kier alpha value is -1.84. The van der Waals surface area contributed by atoms with E-state index in [0.29, 0.717) is 25.9 Å². The van der Waals surface area contributed by atoms with E-state index in [-0.39, 0.29) is 23.7 Å². The van der Waals surface area contributed by atoms with Gasteiger partial charge in [0.1, 0.15) is 5.82 Å². The summed E-state index contributed by atoms with van der Waals surface area (Å²) in [6, 6.07) is 3.06. The fourth-order valence-corrected chi connectivity index (χ4v) is 4.12. The topological polar surface area (TPSA) is 107 Å². The number of carbonyl (C=O) groups is 2. The van der Waals surface area contributed by atoms with E-state index in [1.165, 1.54) is 13.2 Å². The zero-order chi connectivity index (χ0) is 20.4. The maximum Gasteiger partial charge on any atom is 0.338 e. The molecule has 1 atom stereocenters. The van der Waals surface area contributed by atoms with Gasteiger partial charge in [-0.25, -0.2) is 17.6 Å². The van der Waals surface area contributed by atoms with Gasteiger partial charge in [0.15, 0.2) is 15.6 Å². The summed E-state index contributed by atoms with van der Waals surface area (Å²) in [6.45, 7) is 0.508. The Morgan fingerprint density at radius 3 is 2.37 bits per heavy atom. The quantitative estimate of drug-likeness (QED) is 0.397. The second-order valence-corrected chi connectivity index (χ2v) is 8.39. The SMILES string of the molecule is COCCCCC(CS(=O)(=O)CCOC)C(=O)c1ccc(C(=O)O)c(F)c1. The Morgan fingerprint density at radius 2 is 1.81 bits per heavy atom. The summed E-state index contributed by atoms with van der Waals surface area (Å²) in [5.41, 5.74) is -0.591. The Morgan fingerprint density at radius 1 is 1.15 bits per heavy atom. The minimum absolute atomic E-state index is 0.0227. The monoisotopic (exact) mass is 404 g/mol. The van der Waals surface area contributed by atoms with Crippen molar-refractivity contribution in [3.05, 3.63) is 35.1 Å². The minimum Gasteiger partial charge on any atom is -0.478 e. The van der Waals surface area contributed by atoms with Gasteiger partial charge >= 0.3 is 5.97 Å². The fraction of sp³-hybridized carbons (Fsp3) is 0.556. The van der Waals surface area contributed by atoms with Crippen LogP contribution in [0.15, 0.2) is 18.2 Å². The number of carbonyl (C=O) groups excluding carboxylic acids is 1. The van der Waals surface area contributed by atoms with Gasteiger partial charge in [0.25, 0.3) is 0 Å². The van der Waals surface area contributed by atoms with Gasteiger partial charge in [0, 0.05) is 32.3 Å². The van der Waals surface area contributed by atoms with Crippen LogP contribution in [0.5, 0.6) is 0 Å². The highest BCUT2D eigenvalue weighted by Gasteiger charge is 2.27. The molecule has 1 rings (SSSR count). The van der Waals surface area contributed by atoms with Gasteiger partial charge in [-0.1, -0.05) is 12.5 Å². The molecule has 0 bridgehead atoms. The lowest BCUT2D eigenvalue weighted by Gasteiger charge is -2.16. The van der Waals surface area contributed by atoms with Crippen LogP contribution in [0.25, 0.3) is 0 Å². The number of hydrogen-bond donors (Lipinski definition) is 1. The van der Waals surface area contributed by atoms with Gasteiger partial charge in [-0.2, -0.15) is 0 Å². The summed E-state index contributed by atoms with van der Waals surface area (Å²) in [5, 5.41) is 8.88. The van der Waals surface area contributed by atoms with E-state index in [2.05, 4.69) is 0 Å². The van der Waals surface area contributed by atoms with Crippen molar-refractivity contribution in [3.63, 3.8) is 0 Å². The smallest absolute Gasteiger partial charge is 0.338 e. The second kappa shape index (κ2) is 11.1.